The Balaban J connectivity index is 1.83. The Morgan fingerprint density at radius 3 is 2.57 bits per heavy atom. The Morgan fingerprint density at radius 1 is 1.17 bits per heavy atom. The predicted molar refractivity (Wildman–Crippen MR) is 111 cm³/mol. The molecule has 0 unspecified atom stereocenters. The summed E-state index contributed by atoms with van der Waals surface area (Å²) in [6, 6.07) is 8.31. The molecule has 0 radical (unpaired) electrons. The van der Waals surface area contributed by atoms with Crippen LogP contribution < -0.4 is 21.3 Å². The fourth-order valence-electron chi connectivity index (χ4n) is 4.00. The number of benzene rings is 1. The molecule has 1 aliphatic heterocycles. The number of anilines is 2. The van der Waals surface area contributed by atoms with Gasteiger partial charge in [0.1, 0.15) is 0 Å². The van der Waals surface area contributed by atoms with Crippen LogP contribution in [0.1, 0.15) is 31.7 Å². The number of aromatic nitrogens is 4. The van der Waals surface area contributed by atoms with E-state index in [1.807, 2.05) is 17.0 Å². The first kappa shape index (κ1) is 19.9. The highest BCUT2D eigenvalue weighted by Crippen LogP contribution is 2.31. The molecule has 0 N–H and O–H groups in total. The molecule has 2 aromatic heterocycles. The van der Waals surface area contributed by atoms with Gasteiger partial charge in [0, 0.05) is 25.8 Å². The molecule has 3 aromatic rings. The van der Waals surface area contributed by atoms with E-state index in [4.69, 9.17) is 0 Å². The van der Waals surface area contributed by atoms with Gasteiger partial charge in [0.15, 0.2) is 11.2 Å². The lowest BCUT2D eigenvalue weighted by molar-refractivity contribution is -0.306. The fraction of sp³-hybridized carbons (Fsp3) is 0.429. The molecule has 9 nitrogen and oxygen atoms in total. The molecule has 0 fully saturated rings. The van der Waals surface area contributed by atoms with Gasteiger partial charge >= 0.3 is 5.69 Å². The molecular weight excluding hydrogens is 386 g/mol. The SMILES string of the molecule is CCCCc1ccc(N2CCCn3c2nc2c3c(=O)n(CC(=O)[O-])c(=O)n2C)cc1. The number of carboxylic acids is 1. The molecule has 4 rings (SSSR count). The highest BCUT2D eigenvalue weighted by molar-refractivity contribution is 5.77. The van der Waals surface area contributed by atoms with Crippen LogP contribution in [-0.4, -0.2) is 31.2 Å². The molecule has 0 bridgehead atoms. The van der Waals surface area contributed by atoms with Gasteiger partial charge in [-0.2, -0.15) is 4.98 Å². The smallest absolute Gasteiger partial charge is 0.332 e. The summed E-state index contributed by atoms with van der Waals surface area (Å²) in [4.78, 5) is 43.1. The van der Waals surface area contributed by atoms with Crippen molar-refractivity contribution in [3.05, 3.63) is 50.7 Å². The topological polar surface area (TPSA) is 105 Å². The van der Waals surface area contributed by atoms with Crippen molar-refractivity contribution >= 4 is 28.8 Å². The van der Waals surface area contributed by atoms with Crippen molar-refractivity contribution in [2.45, 2.75) is 45.7 Å². The molecule has 0 spiro atoms. The van der Waals surface area contributed by atoms with Gasteiger partial charge in [-0.25, -0.2) is 4.79 Å². The summed E-state index contributed by atoms with van der Waals surface area (Å²) in [7, 11) is 1.49. The molecule has 0 saturated heterocycles. The summed E-state index contributed by atoms with van der Waals surface area (Å²) in [5, 5.41) is 11.0. The third-order valence-corrected chi connectivity index (χ3v) is 5.57. The van der Waals surface area contributed by atoms with Crippen LogP contribution in [0.15, 0.2) is 33.9 Å². The highest BCUT2D eigenvalue weighted by Gasteiger charge is 2.26. The summed E-state index contributed by atoms with van der Waals surface area (Å²) >= 11 is 0. The minimum Gasteiger partial charge on any atom is -0.548 e. The molecule has 3 heterocycles. The number of aliphatic carboxylic acids is 1. The van der Waals surface area contributed by atoms with Crippen LogP contribution in [0.2, 0.25) is 0 Å². The largest absolute Gasteiger partial charge is 0.548 e. The first-order chi connectivity index (χ1) is 14.4. The zero-order chi connectivity index (χ0) is 21.4. The van der Waals surface area contributed by atoms with Crippen LogP contribution in [-0.2, 0) is 31.4 Å². The van der Waals surface area contributed by atoms with E-state index in [0.717, 1.165) is 37.9 Å². The van der Waals surface area contributed by atoms with Crippen LogP contribution in [0.4, 0.5) is 11.6 Å². The number of imidazole rings is 1. The number of carbonyl (C=O) groups excluding carboxylic acids is 1. The van der Waals surface area contributed by atoms with Crippen molar-refractivity contribution in [1.29, 1.82) is 0 Å². The number of fused-ring (bicyclic) bond motifs is 3. The van der Waals surface area contributed by atoms with Crippen LogP contribution in [0.3, 0.4) is 0 Å². The van der Waals surface area contributed by atoms with E-state index in [1.54, 1.807) is 4.57 Å². The summed E-state index contributed by atoms with van der Waals surface area (Å²) in [5.41, 5.74) is 1.34. The lowest BCUT2D eigenvalue weighted by Gasteiger charge is -2.29. The van der Waals surface area contributed by atoms with Crippen molar-refractivity contribution in [2.75, 3.05) is 11.4 Å². The first-order valence-electron chi connectivity index (χ1n) is 10.2. The zero-order valence-electron chi connectivity index (χ0n) is 17.1. The van der Waals surface area contributed by atoms with Gasteiger partial charge in [-0.05, 0) is 37.0 Å². The maximum atomic E-state index is 12.9. The first-order valence-corrected chi connectivity index (χ1v) is 10.2. The van der Waals surface area contributed by atoms with Crippen molar-refractivity contribution in [2.24, 2.45) is 7.05 Å². The van der Waals surface area contributed by atoms with Gasteiger partial charge < -0.3 is 19.4 Å². The Morgan fingerprint density at radius 2 is 1.90 bits per heavy atom. The van der Waals surface area contributed by atoms with E-state index in [0.29, 0.717) is 17.1 Å². The highest BCUT2D eigenvalue weighted by atomic mass is 16.4. The Kier molecular flexibility index (Phi) is 5.19. The summed E-state index contributed by atoms with van der Waals surface area (Å²) in [6.07, 6.45) is 4.12. The lowest BCUT2D eigenvalue weighted by atomic mass is 10.1. The second kappa shape index (κ2) is 7.81. The number of nitrogens with zero attached hydrogens (tertiary/aromatic N) is 5. The fourth-order valence-corrected chi connectivity index (χ4v) is 4.00. The molecule has 0 atom stereocenters. The summed E-state index contributed by atoms with van der Waals surface area (Å²) < 4.78 is 3.68. The number of aryl methyl sites for hydroxylation is 3. The predicted octanol–water partition coefficient (Wildman–Crippen LogP) is 0.531. The quantitative estimate of drug-likeness (QED) is 0.587. The van der Waals surface area contributed by atoms with Crippen molar-refractivity contribution in [3.8, 4) is 0 Å². The Bertz CT molecular complexity index is 1220. The Labute approximate surface area is 172 Å². The minimum atomic E-state index is -1.49. The molecule has 158 valence electrons. The maximum Gasteiger partial charge on any atom is 0.332 e. The van der Waals surface area contributed by atoms with Crippen LogP contribution in [0, 0.1) is 0 Å². The van der Waals surface area contributed by atoms with E-state index in [9.17, 15) is 19.5 Å². The van der Waals surface area contributed by atoms with Gasteiger partial charge in [-0.3, -0.25) is 13.9 Å². The molecule has 0 aliphatic carbocycles. The van der Waals surface area contributed by atoms with E-state index < -0.39 is 23.8 Å². The zero-order valence-corrected chi connectivity index (χ0v) is 17.1. The average molecular weight is 410 g/mol. The van der Waals surface area contributed by atoms with Gasteiger partial charge in [-0.15, -0.1) is 0 Å². The number of carboxylic acid groups (broad SMARTS) is 1. The summed E-state index contributed by atoms with van der Waals surface area (Å²) in [6.45, 7) is 2.68. The molecule has 9 heteroatoms. The summed E-state index contributed by atoms with van der Waals surface area (Å²) in [5.74, 6) is -0.910. The molecule has 1 aromatic carbocycles. The van der Waals surface area contributed by atoms with Crippen molar-refractivity contribution < 1.29 is 9.90 Å². The number of hydrogen-bond acceptors (Lipinski definition) is 6. The third-order valence-electron chi connectivity index (χ3n) is 5.57. The second-order valence-electron chi connectivity index (χ2n) is 7.62. The number of hydrogen-bond donors (Lipinski definition) is 0. The van der Waals surface area contributed by atoms with E-state index >= 15 is 0 Å². The van der Waals surface area contributed by atoms with Gasteiger partial charge in [0.25, 0.3) is 5.56 Å². The lowest BCUT2D eigenvalue weighted by Crippen LogP contribution is -2.44. The maximum absolute atomic E-state index is 12.9. The standard InChI is InChI=1S/C21H25N5O4/c1-3-4-6-14-7-9-15(10-8-14)24-11-5-12-25-17-18(22-20(24)25)23(2)21(30)26(19(17)29)13-16(27)28/h7-10H,3-6,11-13H2,1-2H3,(H,27,28)/p-1. The normalized spacial score (nSPS) is 13.6. The van der Waals surface area contributed by atoms with Crippen molar-refractivity contribution in [3.63, 3.8) is 0 Å². The van der Waals surface area contributed by atoms with Crippen LogP contribution in [0.5, 0.6) is 0 Å². The van der Waals surface area contributed by atoms with E-state index in [-0.39, 0.29) is 11.2 Å². The van der Waals surface area contributed by atoms with Gasteiger partial charge in [-0.1, -0.05) is 25.5 Å². The molecule has 30 heavy (non-hydrogen) atoms. The third kappa shape index (κ3) is 3.30. The average Bonchev–Trinajstić information content (AvgIpc) is 3.14. The molecule has 1 aliphatic rings. The molecular formula is C21H24N5O4-. The monoisotopic (exact) mass is 410 g/mol. The van der Waals surface area contributed by atoms with Crippen molar-refractivity contribution in [1.82, 2.24) is 18.7 Å². The van der Waals surface area contributed by atoms with Crippen LogP contribution in [0.25, 0.3) is 11.2 Å². The number of carbonyl (C=O) groups is 1. The van der Waals surface area contributed by atoms with Gasteiger partial charge in [0.2, 0.25) is 5.95 Å². The Hall–Kier alpha value is -3.36. The second-order valence-corrected chi connectivity index (χ2v) is 7.62. The minimum absolute atomic E-state index is 0.234. The van der Waals surface area contributed by atoms with E-state index in [2.05, 4.69) is 24.0 Å². The molecule has 0 saturated carbocycles. The van der Waals surface area contributed by atoms with E-state index in [1.165, 1.54) is 17.2 Å². The van der Waals surface area contributed by atoms with Gasteiger partial charge in [0.05, 0.1) is 12.5 Å². The number of rotatable bonds is 6. The molecule has 0 amide bonds. The number of unbranched alkanes of at least 4 members (excludes halogenated alkanes) is 1. The van der Waals surface area contributed by atoms with Crippen LogP contribution >= 0.6 is 0 Å².